The van der Waals surface area contributed by atoms with Crippen molar-refractivity contribution in [2.24, 2.45) is 0 Å². The van der Waals surface area contributed by atoms with Crippen LogP contribution in [0.5, 0.6) is 0 Å². The highest BCUT2D eigenvalue weighted by Gasteiger charge is 2.40. The van der Waals surface area contributed by atoms with Gasteiger partial charge in [0.2, 0.25) is 5.91 Å². The summed E-state index contributed by atoms with van der Waals surface area (Å²) in [5.74, 6) is -1.41. The third-order valence-electron chi connectivity index (χ3n) is 4.04. The van der Waals surface area contributed by atoms with E-state index in [9.17, 15) is 18.0 Å². The van der Waals surface area contributed by atoms with E-state index in [0.717, 1.165) is 25.5 Å². The molecule has 0 radical (unpaired) electrons. The van der Waals surface area contributed by atoms with Crippen molar-refractivity contribution >= 4 is 21.7 Å². The lowest BCUT2D eigenvalue weighted by molar-refractivity contribution is -0.145. The Balaban J connectivity index is 2.79. The Labute approximate surface area is 120 Å². The van der Waals surface area contributed by atoms with Crippen molar-refractivity contribution < 1.29 is 23.1 Å². The molecule has 0 atom stereocenters. The van der Waals surface area contributed by atoms with Gasteiger partial charge in [0, 0.05) is 19.7 Å². The van der Waals surface area contributed by atoms with Gasteiger partial charge in [-0.05, 0) is 12.8 Å². The van der Waals surface area contributed by atoms with E-state index in [1.165, 1.54) is 4.90 Å². The zero-order chi connectivity index (χ0) is 15.4. The number of hydrogen-bond donors (Lipinski definition) is 1. The summed E-state index contributed by atoms with van der Waals surface area (Å²) in [4.78, 5) is 24.7. The maximum atomic E-state index is 12.1. The molecule has 1 amide bonds. The van der Waals surface area contributed by atoms with Crippen molar-refractivity contribution in [3.05, 3.63) is 0 Å². The highest BCUT2D eigenvalue weighted by molar-refractivity contribution is 7.90. The fourth-order valence-corrected chi connectivity index (χ4v) is 3.37. The molecule has 0 saturated heterocycles. The van der Waals surface area contributed by atoms with E-state index in [4.69, 9.17) is 5.11 Å². The normalized spacial score (nSPS) is 18.5. The van der Waals surface area contributed by atoms with Gasteiger partial charge < -0.3 is 10.0 Å². The summed E-state index contributed by atoms with van der Waals surface area (Å²) in [7, 11) is -1.59. The molecule has 1 fully saturated rings. The molecule has 0 aromatic heterocycles. The van der Waals surface area contributed by atoms with Gasteiger partial charge in [-0.25, -0.2) is 8.42 Å². The maximum Gasteiger partial charge on any atom is 0.305 e. The first-order chi connectivity index (χ1) is 9.16. The summed E-state index contributed by atoms with van der Waals surface area (Å²) in [6.45, 7) is 0. The molecule has 1 rings (SSSR count). The number of hydrogen-bond acceptors (Lipinski definition) is 4. The number of carbonyl (C=O) groups excluding carboxylic acids is 1. The fraction of sp³-hybridized carbons (Fsp3) is 0.846. The molecular weight excluding hydrogens is 282 g/mol. The number of nitrogens with zero attached hydrogens (tertiary/aromatic N) is 1. The van der Waals surface area contributed by atoms with Gasteiger partial charge in [-0.1, -0.05) is 19.3 Å². The molecule has 6 nitrogen and oxygen atoms in total. The van der Waals surface area contributed by atoms with Crippen molar-refractivity contribution in [3.8, 4) is 0 Å². The predicted octanol–water partition coefficient (Wildman–Crippen LogP) is 1.06. The van der Waals surface area contributed by atoms with Crippen LogP contribution in [0.4, 0.5) is 0 Å². The second-order valence-corrected chi connectivity index (χ2v) is 7.95. The van der Waals surface area contributed by atoms with Crippen LogP contribution in [0.1, 0.15) is 44.9 Å². The van der Waals surface area contributed by atoms with Gasteiger partial charge >= 0.3 is 5.97 Å². The molecule has 1 aliphatic carbocycles. The Bertz CT molecular complexity index is 465. The maximum absolute atomic E-state index is 12.1. The molecule has 7 heteroatoms. The summed E-state index contributed by atoms with van der Waals surface area (Å²) >= 11 is 0. The summed E-state index contributed by atoms with van der Waals surface area (Å²) < 4.78 is 22.3. The topological polar surface area (TPSA) is 91.8 Å². The lowest BCUT2D eigenvalue weighted by Crippen LogP contribution is -2.52. The van der Waals surface area contributed by atoms with Crippen LogP contribution in [-0.4, -0.2) is 54.9 Å². The van der Waals surface area contributed by atoms with Gasteiger partial charge in [-0.15, -0.1) is 0 Å². The van der Waals surface area contributed by atoms with Gasteiger partial charge in [0.05, 0.1) is 17.7 Å². The van der Waals surface area contributed by atoms with Crippen molar-refractivity contribution in [1.82, 2.24) is 4.90 Å². The Morgan fingerprint density at radius 2 is 1.75 bits per heavy atom. The van der Waals surface area contributed by atoms with Crippen LogP contribution in [-0.2, 0) is 19.4 Å². The third kappa shape index (κ3) is 4.77. The molecule has 0 aromatic rings. The smallest absolute Gasteiger partial charge is 0.305 e. The summed E-state index contributed by atoms with van der Waals surface area (Å²) in [6.07, 6.45) is 5.11. The Morgan fingerprint density at radius 3 is 2.20 bits per heavy atom. The third-order valence-corrected chi connectivity index (χ3v) is 4.98. The minimum Gasteiger partial charge on any atom is -0.481 e. The minimum atomic E-state index is -3.19. The van der Waals surface area contributed by atoms with Crippen LogP contribution in [0.3, 0.4) is 0 Å². The van der Waals surface area contributed by atoms with Gasteiger partial charge in [0.15, 0.2) is 0 Å². The van der Waals surface area contributed by atoms with Crippen LogP contribution < -0.4 is 0 Å². The number of carbonyl (C=O) groups is 2. The first kappa shape index (κ1) is 16.9. The molecule has 1 aliphatic rings. The number of rotatable bonds is 6. The van der Waals surface area contributed by atoms with E-state index >= 15 is 0 Å². The predicted molar refractivity (Wildman–Crippen MR) is 75.2 cm³/mol. The van der Waals surface area contributed by atoms with E-state index < -0.39 is 21.3 Å². The zero-order valence-corrected chi connectivity index (χ0v) is 12.9. The van der Waals surface area contributed by atoms with Crippen molar-refractivity contribution in [2.75, 3.05) is 19.1 Å². The molecule has 0 aromatic carbocycles. The lowest BCUT2D eigenvalue weighted by atomic mass is 9.78. The number of carboxylic acid groups (broad SMARTS) is 1. The van der Waals surface area contributed by atoms with Crippen molar-refractivity contribution in [2.45, 2.75) is 50.5 Å². The Kier molecular flexibility index (Phi) is 5.56. The van der Waals surface area contributed by atoms with E-state index in [0.29, 0.717) is 12.8 Å². The molecule has 0 spiro atoms. The van der Waals surface area contributed by atoms with Crippen molar-refractivity contribution in [3.63, 3.8) is 0 Å². The lowest BCUT2D eigenvalue weighted by Gasteiger charge is -2.44. The largest absolute Gasteiger partial charge is 0.481 e. The van der Waals surface area contributed by atoms with Gasteiger partial charge in [-0.2, -0.15) is 0 Å². The molecule has 1 saturated carbocycles. The number of amides is 1. The monoisotopic (exact) mass is 305 g/mol. The van der Waals surface area contributed by atoms with Crippen LogP contribution in [0, 0.1) is 0 Å². The molecule has 0 unspecified atom stereocenters. The second kappa shape index (κ2) is 6.56. The van der Waals surface area contributed by atoms with Gasteiger partial charge in [0.25, 0.3) is 0 Å². The molecule has 1 N–H and O–H groups in total. The van der Waals surface area contributed by atoms with Crippen molar-refractivity contribution in [1.29, 1.82) is 0 Å². The summed E-state index contributed by atoms with van der Waals surface area (Å²) in [5, 5.41) is 9.09. The molecule has 0 heterocycles. The van der Waals surface area contributed by atoms with Crippen LogP contribution >= 0.6 is 0 Å². The first-order valence-corrected chi connectivity index (χ1v) is 8.88. The minimum absolute atomic E-state index is 0.0753. The van der Waals surface area contributed by atoms with Crippen LogP contribution in [0.15, 0.2) is 0 Å². The molecule has 0 aliphatic heterocycles. The average molecular weight is 305 g/mol. The van der Waals surface area contributed by atoms with E-state index in [2.05, 4.69) is 0 Å². The molecule has 116 valence electrons. The average Bonchev–Trinajstić information content (AvgIpc) is 2.34. The number of aliphatic carboxylic acids is 1. The van der Waals surface area contributed by atoms with Gasteiger partial charge in [0.1, 0.15) is 9.84 Å². The Hall–Kier alpha value is -1.11. The summed E-state index contributed by atoms with van der Waals surface area (Å²) in [6, 6.07) is 0. The highest BCUT2D eigenvalue weighted by atomic mass is 32.2. The highest BCUT2D eigenvalue weighted by Crippen LogP contribution is 2.36. The second-order valence-electron chi connectivity index (χ2n) is 5.69. The standard InChI is InChI=1S/C13H23NO5S/c1-14(11(15)6-9-20(2,18)19)13(10-12(16)17)7-4-3-5-8-13/h3-10H2,1-2H3,(H,16,17). The molecular formula is C13H23NO5S. The fourth-order valence-electron chi connectivity index (χ4n) is 2.83. The molecule has 20 heavy (non-hydrogen) atoms. The quantitative estimate of drug-likeness (QED) is 0.792. The van der Waals surface area contributed by atoms with E-state index in [-0.39, 0.29) is 24.5 Å². The van der Waals surface area contributed by atoms with Crippen LogP contribution in [0.25, 0.3) is 0 Å². The van der Waals surface area contributed by atoms with Gasteiger partial charge in [-0.3, -0.25) is 9.59 Å². The Morgan fingerprint density at radius 1 is 1.20 bits per heavy atom. The molecule has 0 bridgehead atoms. The SMILES string of the molecule is CN(C(=O)CCS(C)(=O)=O)C1(CC(=O)O)CCCCC1. The van der Waals surface area contributed by atoms with Crippen LogP contribution in [0.2, 0.25) is 0 Å². The summed E-state index contributed by atoms with van der Waals surface area (Å²) in [5.41, 5.74) is -0.654. The van der Waals surface area contributed by atoms with E-state index in [1.54, 1.807) is 7.05 Å². The van der Waals surface area contributed by atoms with E-state index in [1.807, 2.05) is 0 Å². The zero-order valence-electron chi connectivity index (χ0n) is 12.1. The number of carboxylic acids is 1. The first-order valence-electron chi connectivity index (χ1n) is 6.82. The number of sulfone groups is 1.